The van der Waals surface area contributed by atoms with Gasteiger partial charge in [0.05, 0.1) is 23.8 Å². The van der Waals surface area contributed by atoms with E-state index < -0.39 is 0 Å². The molecule has 3 rings (SSSR count). The zero-order valence-corrected chi connectivity index (χ0v) is 16.3. The fraction of sp³-hybridized carbons (Fsp3) is 0.238. The van der Waals surface area contributed by atoms with Gasteiger partial charge in [-0.15, -0.1) is 0 Å². The predicted molar refractivity (Wildman–Crippen MR) is 110 cm³/mol. The molecule has 1 aliphatic rings. The minimum absolute atomic E-state index is 0.102. The van der Waals surface area contributed by atoms with E-state index in [2.05, 4.69) is 5.32 Å². The largest absolute Gasteiger partial charge is 0.376 e. The summed E-state index contributed by atoms with van der Waals surface area (Å²) in [7, 11) is 3.80. The van der Waals surface area contributed by atoms with E-state index in [0.29, 0.717) is 10.7 Å². The normalized spacial score (nSPS) is 15.3. The number of benzene rings is 2. The number of rotatable bonds is 4. The number of hydrogen-bond acceptors (Lipinski definition) is 3. The summed E-state index contributed by atoms with van der Waals surface area (Å²) in [6, 6.07) is 12.8. The maximum atomic E-state index is 12.8. The summed E-state index contributed by atoms with van der Waals surface area (Å²) in [6.07, 6.45) is 3.79. The first-order chi connectivity index (χ1) is 12.9. The molecule has 0 bridgehead atoms. The Hall–Kier alpha value is -2.79. The van der Waals surface area contributed by atoms with Crippen LogP contribution in [-0.2, 0) is 9.59 Å². The van der Waals surface area contributed by atoms with Gasteiger partial charge in [0.25, 0.3) is 0 Å². The highest BCUT2D eigenvalue weighted by Crippen LogP contribution is 2.34. The topological polar surface area (TPSA) is 52.7 Å². The van der Waals surface area contributed by atoms with Crippen molar-refractivity contribution >= 4 is 40.9 Å². The molecule has 2 amide bonds. The molecule has 0 spiro atoms. The maximum absolute atomic E-state index is 12.8. The number of carbonyl (C=O) groups excluding carboxylic acids is 2. The highest BCUT2D eigenvalue weighted by molar-refractivity contribution is 6.31. The number of hydrogen-bond donors (Lipinski definition) is 1. The lowest BCUT2D eigenvalue weighted by Crippen LogP contribution is -2.33. The molecule has 1 atom stereocenters. The van der Waals surface area contributed by atoms with Gasteiger partial charge in [-0.05, 0) is 35.4 Å². The quantitative estimate of drug-likeness (QED) is 0.855. The van der Waals surface area contributed by atoms with Crippen molar-refractivity contribution in [2.45, 2.75) is 19.4 Å². The van der Waals surface area contributed by atoms with E-state index in [1.807, 2.05) is 55.4 Å². The fourth-order valence-electron chi connectivity index (χ4n) is 3.29. The summed E-state index contributed by atoms with van der Waals surface area (Å²) in [5.74, 6) is -0.281. The molecule has 0 saturated carbocycles. The average molecular weight is 384 g/mol. The molecule has 2 aromatic rings. The van der Waals surface area contributed by atoms with Crippen LogP contribution < -0.4 is 10.2 Å². The molecule has 27 heavy (non-hydrogen) atoms. The van der Waals surface area contributed by atoms with Crippen LogP contribution in [-0.4, -0.2) is 30.8 Å². The summed E-state index contributed by atoms with van der Waals surface area (Å²) >= 11 is 6.10. The lowest BCUT2D eigenvalue weighted by molar-refractivity contribution is -0.129. The van der Waals surface area contributed by atoms with Crippen LogP contribution in [0.1, 0.15) is 30.5 Å². The predicted octanol–water partition coefficient (Wildman–Crippen LogP) is 4.31. The molecule has 1 N–H and O–H groups in total. The summed E-state index contributed by atoms with van der Waals surface area (Å²) in [6.45, 7) is 1.50. The van der Waals surface area contributed by atoms with Gasteiger partial charge in [-0.2, -0.15) is 0 Å². The third-order valence-electron chi connectivity index (χ3n) is 4.56. The highest BCUT2D eigenvalue weighted by atomic mass is 35.5. The van der Waals surface area contributed by atoms with Crippen LogP contribution in [0.2, 0.25) is 5.02 Å². The molecule has 0 aliphatic carbocycles. The Labute approximate surface area is 164 Å². The molecular formula is C21H22ClN3O2. The maximum Gasteiger partial charge on any atom is 0.226 e. The molecular weight excluding hydrogens is 362 g/mol. The second kappa shape index (κ2) is 7.84. The van der Waals surface area contributed by atoms with Crippen LogP contribution in [0, 0.1) is 0 Å². The standard InChI is InChI=1S/C21H22ClN3O2/c1-14(26)25-11-10-15-6-4-5-7-17(15)20(25)13-21(27)23-18-12-16(22)8-9-19(18)24(2)3/h4-12,20H,13H2,1-3H3,(H,23,27). The van der Waals surface area contributed by atoms with E-state index in [4.69, 9.17) is 11.6 Å². The van der Waals surface area contributed by atoms with E-state index >= 15 is 0 Å². The molecule has 2 aromatic carbocycles. The average Bonchev–Trinajstić information content (AvgIpc) is 2.61. The third-order valence-corrected chi connectivity index (χ3v) is 4.80. The molecule has 0 saturated heterocycles. The van der Waals surface area contributed by atoms with Gasteiger partial charge < -0.3 is 15.1 Å². The number of halogens is 1. The summed E-state index contributed by atoms with van der Waals surface area (Å²) in [4.78, 5) is 28.4. The summed E-state index contributed by atoms with van der Waals surface area (Å²) in [5.41, 5.74) is 3.49. The lowest BCUT2D eigenvalue weighted by Gasteiger charge is -2.32. The molecule has 1 unspecified atom stereocenters. The fourth-order valence-corrected chi connectivity index (χ4v) is 3.46. The van der Waals surface area contributed by atoms with E-state index in [1.54, 1.807) is 23.2 Å². The molecule has 0 fully saturated rings. The molecule has 0 aromatic heterocycles. The molecule has 0 radical (unpaired) electrons. The monoisotopic (exact) mass is 383 g/mol. The van der Waals surface area contributed by atoms with Gasteiger partial charge in [0.15, 0.2) is 0 Å². The Morgan fingerprint density at radius 3 is 2.63 bits per heavy atom. The van der Waals surface area contributed by atoms with Gasteiger partial charge in [-0.25, -0.2) is 0 Å². The first-order valence-corrected chi connectivity index (χ1v) is 9.07. The Bertz CT molecular complexity index is 908. The van der Waals surface area contributed by atoms with Gasteiger partial charge >= 0.3 is 0 Å². The number of anilines is 2. The molecule has 6 heteroatoms. The Morgan fingerprint density at radius 1 is 1.19 bits per heavy atom. The van der Waals surface area contributed by atoms with Crippen molar-refractivity contribution < 1.29 is 9.59 Å². The van der Waals surface area contributed by atoms with Gasteiger partial charge in [0.2, 0.25) is 11.8 Å². The van der Waals surface area contributed by atoms with E-state index in [0.717, 1.165) is 16.8 Å². The number of nitrogens with one attached hydrogen (secondary N) is 1. The van der Waals surface area contributed by atoms with Crippen LogP contribution in [0.15, 0.2) is 48.7 Å². The van der Waals surface area contributed by atoms with Crippen molar-refractivity contribution in [1.29, 1.82) is 0 Å². The SMILES string of the molecule is CC(=O)N1C=Cc2ccccc2C1CC(=O)Nc1cc(Cl)ccc1N(C)C. The van der Waals surface area contributed by atoms with E-state index in [-0.39, 0.29) is 24.3 Å². The second-order valence-electron chi connectivity index (χ2n) is 6.69. The van der Waals surface area contributed by atoms with Crippen molar-refractivity contribution in [1.82, 2.24) is 4.90 Å². The number of nitrogens with zero attached hydrogens (tertiary/aromatic N) is 2. The summed E-state index contributed by atoms with van der Waals surface area (Å²) in [5, 5.41) is 3.49. The van der Waals surface area contributed by atoms with Crippen LogP contribution >= 0.6 is 11.6 Å². The van der Waals surface area contributed by atoms with Crippen LogP contribution in [0.5, 0.6) is 0 Å². The van der Waals surface area contributed by atoms with Crippen molar-refractivity contribution in [2.75, 3.05) is 24.3 Å². The molecule has 140 valence electrons. The van der Waals surface area contributed by atoms with Crippen molar-refractivity contribution in [3.05, 3.63) is 64.8 Å². The zero-order chi connectivity index (χ0) is 19.6. The number of fused-ring (bicyclic) bond motifs is 1. The molecule has 5 nitrogen and oxygen atoms in total. The van der Waals surface area contributed by atoms with Gasteiger partial charge in [0.1, 0.15) is 0 Å². The summed E-state index contributed by atoms with van der Waals surface area (Å²) < 4.78 is 0. The van der Waals surface area contributed by atoms with Crippen molar-refractivity contribution in [2.24, 2.45) is 0 Å². The Morgan fingerprint density at radius 2 is 1.93 bits per heavy atom. The van der Waals surface area contributed by atoms with Crippen molar-refractivity contribution in [3.63, 3.8) is 0 Å². The van der Waals surface area contributed by atoms with Gasteiger partial charge in [-0.3, -0.25) is 9.59 Å². The lowest BCUT2D eigenvalue weighted by atomic mass is 9.93. The van der Waals surface area contributed by atoms with Gasteiger partial charge in [-0.1, -0.05) is 35.9 Å². The molecule has 1 aliphatic heterocycles. The highest BCUT2D eigenvalue weighted by Gasteiger charge is 2.28. The van der Waals surface area contributed by atoms with Crippen LogP contribution in [0.3, 0.4) is 0 Å². The number of amides is 2. The minimum atomic E-state index is -0.342. The van der Waals surface area contributed by atoms with Gasteiger partial charge in [0, 0.05) is 32.2 Å². The minimum Gasteiger partial charge on any atom is -0.376 e. The van der Waals surface area contributed by atoms with Crippen LogP contribution in [0.25, 0.3) is 6.08 Å². The molecule has 1 heterocycles. The first-order valence-electron chi connectivity index (χ1n) is 8.69. The van der Waals surface area contributed by atoms with Crippen LogP contribution in [0.4, 0.5) is 11.4 Å². The first kappa shape index (κ1) is 19.0. The smallest absolute Gasteiger partial charge is 0.226 e. The van der Waals surface area contributed by atoms with E-state index in [1.165, 1.54) is 6.92 Å². The van der Waals surface area contributed by atoms with E-state index in [9.17, 15) is 9.59 Å². The Kier molecular flexibility index (Phi) is 5.51. The second-order valence-corrected chi connectivity index (χ2v) is 7.13. The zero-order valence-electron chi connectivity index (χ0n) is 15.6. The third kappa shape index (κ3) is 4.14. The Balaban J connectivity index is 1.85. The number of carbonyl (C=O) groups is 2. The van der Waals surface area contributed by atoms with Crippen molar-refractivity contribution in [3.8, 4) is 0 Å².